The molecule has 0 aliphatic carbocycles. The second-order valence-corrected chi connectivity index (χ2v) is 5.34. The monoisotopic (exact) mass is 274 g/mol. The molecule has 2 nitrogen and oxygen atoms in total. The molecule has 3 heteroatoms. The van der Waals surface area contributed by atoms with Gasteiger partial charge in [0.15, 0.2) is 0 Å². The first-order valence-electron chi connectivity index (χ1n) is 6.55. The minimum absolute atomic E-state index is 0.324. The van der Waals surface area contributed by atoms with Gasteiger partial charge in [0.2, 0.25) is 0 Å². The van der Waals surface area contributed by atoms with E-state index < -0.39 is 0 Å². The number of nitrogens with zero attached hydrogens (tertiary/aromatic N) is 1. The van der Waals surface area contributed by atoms with Gasteiger partial charge in [0.25, 0.3) is 0 Å². The van der Waals surface area contributed by atoms with Gasteiger partial charge in [0, 0.05) is 29.5 Å². The van der Waals surface area contributed by atoms with E-state index in [0.29, 0.717) is 12.1 Å². The molecule has 100 valence electrons. The van der Waals surface area contributed by atoms with Gasteiger partial charge in [0.05, 0.1) is 0 Å². The highest BCUT2D eigenvalue weighted by atomic mass is 35.5. The van der Waals surface area contributed by atoms with Gasteiger partial charge in [-0.25, -0.2) is 0 Å². The standard InChI is InChI=1S/C16H19ClN2/c1-12(11-14-3-5-16(17)6-4-14)19-13(2)15-7-9-18-10-8-15/h3-10,12-13,19H,11H2,1-2H3. The first-order chi connectivity index (χ1) is 9.15. The number of pyridine rings is 1. The zero-order chi connectivity index (χ0) is 13.7. The molecule has 0 spiro atoms. The third-order valence-electron chi connectivity index (χ3n) is 3.20. The Kier molecular flexibility index (Phi) is 4.94. The number of halogens is 1. The summed E-state index contributed by atoms with van der Waals surface area (Å²) in [6, 6.07) is 12.9. The second kappa shape index (κ2) is 6.69. The summed E-state index contributed by atoms with van der Waals surface area (Å²) in [7, 11) is 0. The Hall–Kier alpha value is -1.38. The zero-order valence-electron chi connectivity index (χ0n) is 11.3. The number of benzene rings is 1. The Morgan fingerprint density at radius 1 is 1.05 bits per heavy atom. The van der Waals surface area contributed by atoms with Gasteiger partial charge >= 0.3 is 0 Å². The van der Waals surface area contributed by atoms with Crippen LogP contribution in [0.5, 0.6) is 0 Å². The van der Waals surface area contributed by atoms with Crippen LogP contribution in [0.1, 0.15) is 31.0 Å². The van der Waals surface area contributed by atoms with E-state index >= 15 is 0 Å². The lowest BCUT2D eigenvalue weighted by Crippen LogP contribution is -2.30. The number of nitrogens with one attached hydrogen (secondary N) is 1. The second-order valence-electron chi connectivity index (χ2n) is 4.90. The molecule has 1 N–H and O–H groups in total. The van der Waals surface area contributed by atoms with Crippen molar-refractivity contribution in [2.45, 2.75) is 32.4 Å². The van der Waals surface area contributed by atoms with E-state index in [4.69, 9.17) is 11.6 Å². The van der Waals surface area contributed by atoms with Crippen LogP contribution < -0.4 is 5.32 Å². The Balaban J connectivity index is 1.90. The fourth-order valence-electron chi connectivity index (χ4n) is 2.21. The van der Waals surface area contributed by atoms with Gasteiger partial charge in [-0.2, -0.15) is 0 Å². The molecule has 0 saturated carbocycles. The lowest BCUT2D eigenvalue weighted by Gasteiger charge is -2.20. The minimum atomic E-state index is 0.324. The first kappa shape index (κ1) is 14.0. The summed E-state index contributed by atoms with van der Waals surface area (Å²) in [6.45, 7) is 4.37. The third kappa shape index (κ3) is 4.34. The fraction of sp³-hybridized carbons (Fsp3) is 0.312. The van der Waals surface area contributed by atoms with E-state index in [1.54, 1.807) is 0 Å². The van der Waals surface area contributed by atoms with Crippen molar-refractivity contribution in [1.29, 1.82) is 0 Å². The molecule has 2 atom stereocenters. The molecule has 1 aromatic heterocycles. The molecule has 19 heavy (non-hydrogen) atoms. The molecule has 0 aliphatic heterocycles. The van der Waals surface area contributed by atoms with Gasteiger partial charge in [-0.1, -0.05) is 23.7 Å². The van der Waals surface area contributed by atoms with Crippen LogP contribution in [0.3, 0.4) is 0 Å². The van der Waals surface area contributed by atoms with Crippen LogP contribution in [0.15, 0.2) is 48.8 Å². The van der Waals surface area contributed by atoms with Crippen molar-refractivity contribution in [2.75, 3.05) is 0 Å². The highest BCUT2D eigenvalue weighted by molar-refractivity contribution is 6.30. The summed E-state index contributed by atoms with van der Waals surface area (Å²) in [5, 5.41) is 4.39. The quantitative estimate of drug-likeness (QED) is 0.891. The van der Waals surface area contributed by atoms with Crippen LogP contribution in [0, 0.1) is 0 Å². The van der Waals surface area contributed by atoms with Crippen molar-refractivity contribution in [1.82, 2.24) is 10.3 Å². The molecular formula is C16H19ClN2. The predicted molar refractivity (Wildman–Crippen MR) is 80.4 cm³/mol. The average molecular weight is 275 g/mol. The highest BCUT2D eigenvalue weighted by Gasteiger charge is 2.09. The van der Waals surface area contributed by atoms with Crippen LogP contribution in [0.2, 0.25) is 5.02 Å². The Morgan fingerprint density at radius 2 is 1.68 bits per heavy atom. The average Bonchev–Trinajstić information content (AvgIpc) is 2.42. The summed E-state index contributed by atoms with van der Waals surface area (Å²) in [6.07, 6.45) is 4.65. The number of aromatic nitrogens is 1. The van der Waals surface area contributed by atoms with E-state index in [1.165, 1.54) is 11.1 Å². The Morgan fingerprint density at radius 3 is 2.32 bits per heavy atom. The molecule has 2 unspecified atom stereocenters. The van der Waals surface area contributed by atoms with Gasteiger partial charge in [0.1, 0.15) is 0 Å². The van der Waals surface area contributed by atoms with Crippen LogP contribution in [-0.4, -0.2) is 11.0 Å². The van der Waals surface area contributed by atoms with Gasteiger partial charge in [-0.05, 0) is 55.7 Å². The molecule has 0 fully saturated rings. The summed E-state index contributed by atoms with van der Waals surface area (Å²) in [5.41, 5.74) is 2.56. The van der Waals surface area contributed by atoms with Gasteiger partial charge < -0.3 is 5.32 Å². The maximum absolute atomic E-state index is 5.89. The summed E-state index contributed by atoms with van der Waals surface area (Å²) in [4.78, 5) is 4.04. The number of rotatable bonds is 5. The molecular weight excluding hydrogens is 256 g/mol. The van der Waals surface area contributed by atoms with Crippen molar-refractivity contribution in [2.24, 2.45) is 0 Å². The van der Waals surface area contributed by atoms with E-state index in [-0.39, 0.29) is 0 Å². The molecule has 1 aromatic carbocycles. The van der Waals surface area contributed by atoms with Crippen molar-refractivity contribution in [3.63, 3.8) is 0 Å². The molecule has 2 aromatic rings. The van der Waals surface area contributed by atoms with E-state index in [9.17, 15) is 0 Å². The van der Waals surface area contributed by atoms with E-state index in [0.717, 1.165) is 11.4 Å². The molecule has 0 radical (unpaired) electrons. The number of hydrogen-bond acceptors (Lipinski definition) is 2. The minimum Gasteiger partial charge on any atom is -0.307 e. The van der Waals surface area contributed by atoms with Crippen molar-refractivity contribution >= 4 is 11.6 Å². The Labute approximate surface area is 119 Å². The SMILES string of the molecule is CC(Cc1ccc(Cl)cc1)NC(C)c1ccncc1. The van der Waals surface area contributed by atoms with Crippen LogP contribution in [-0.2, 0) is 6.42 Å². The van der Waals surface area contributed by atoms with Crippen molar-refractivity contribution in [3.05, 3.63) is 64.9 Å². The van der Waals surface area contributed by atoms with Crippen molar-refractivity contribution in [3.8, 4) is 0 Å². The molecule has 0 saturated heterocycles. The van der Waals surface area contributed by atoms with E-state index in [1.807, 2.05) is 36.7 Å². The number of hydrogen-bond donors (Lipinski definition) is 1. The van der Waals surface area contributed by atoms with Crippen molar-refractivity contribution < 1.29 is 0 Å². The zero-order valence-corrected chi connectivity index (χ0v) is 12.1. The normalized spacial score (nSPS) is 14.1. The van der Waals surface area contributed by atoms with Crippen LogP contribution in [0.25, 0.3) is 0 Å². The third-order valence-corrected chi connectivity index (χ3v) is 3.45. The lowest BCUT2D eigenvalue weighted by molar-refractivity contribution is 0.477. The lowest BCUT2D eigenvalue weighted by atomic mass is 10.0. The fourth-order valence-corrected chi connectivity index (χ4v) is 2.33. The molecule has 1 heterocycles. The molecule has 0 bridgehead atoms. The van der Waals surface area contributed by atoms with Crippen LogP contribution >= 0.6 is 11.6 Å². The molecule has 0 amide bonds. The molecule has 2 rings (SSSR count). The summed E-state index contributed by atoms with van der Waals surface area (Å²) < 4.78 is 0. The van der Waals surface area contributed by atoms with Gasteiger partial charge in [-0.15, -0.1) is 0 Å². The maximum Gasteiger partial charge on any atom is 0.0406 e. The molecule has 0 aliphatic rings. The van der Waals surface area contributed by atoms with Gasteiger partial charge in [-0.3, -0.25) is 4.98 Å². The topological polar surface area (TPSA) is 24.9 Å². The predicted octanol–water partition coefficient (Wildman–Crippen LogP) is 4.02. The first-order valence-corrected chi connectivity index (χ1v) is 6.93. The Bertz CT molecular complexity index is 496. The summed E-state index contributed by atoms with van der Waals surface area (Å²) >= 11 is 5.89. The largest absolute Gasteiger partial charge is 0.307 e. The van der Waals surface area contributed by atoms with Crippen LogP contribution in [0.4, 0.5) is 0 Å². The summed E-state index contributed by atoms with van der Waals surface area (Å²) in [5.74, 6) is 0. The smallest absolute Gasteiger partial charge is 0.0406 e. The highest BCUT2D eigenvalue weighted by Crippen LogP contribution is 2.14. The van der Waals surface area contributed by atoms with E-state index in [2.05, 4.69) is 36.3 Å². The maximum atomic E-state index is 5.89.